The summed E-state index contributed by atoms with van der Waals surface area (Å²) in [6.45, 7) is 0. The van der Waals surface area contributed by atoms with Crippen LogP contribution in [0.5, 0.6) is 0 Å². The summed E-state index contributed by atoms with van der Waals surface area (Å²) < 4.78 is 57.0. The van der Waals surface area contributed by atoms with Crippen LogP contribution in [-0.2, 0) is 0 Å². The highest BCUT2D eigenvalue weighted by Gasteiger charge is 2.10. The zero-order valence-corrected chi connectivity index (χ0v) is 22.3. The van der Waals surface area contributed by atoms with E-state index in [1.807, 2.05) is 48.5 Å². The first-order chi connectivity index (χ1) is 19.9. The largest absolute Gasteiger partial charge is 0.207 e. The highest BCUT2D eigenvalue weighted by atomic mass is 32.1. The molecular weight excluding hydrogens is 540 g/mol. The number of hydrogen-bond acceptors (Lipinski definition) is 1. The van der Waals surface area contributed by atoms with Gasteiger partial charge in [0.15, 0.2) is 0 Å². The van der Waals surface area contributed by atoms with Crippen molar-refractivity contribution in [1.29, 1.82) is 0 Å². The van der Waals surface area contributed by atoms with E-state index in [-0.39, 0.29) is 0 Å². The van der Waals surface area contributed by atoms with Crippen LogP contribution < -0.4 is 0 Å². The van der Waals surface area contributed by atoms with Gasteiger partial charge in [-0.25, -0.2) is 17.6 Å². The Kier molecular flexibility index (Phi) is 6.17. The molecule has 0 bridgehead atoms. The standard InChI is InChI=1S/C36H20F4S/c37-29-13-27(14-30(38)19-29)23-5-1-21(2-6-23)25-9-11-33-34-12-10-26(18-36(34)41-35(33)17-25)22-3-7-24(8-4-22)28-15-31(39)20-32(40)16-28/h1-20H. The van der Waals surface area contributed by atoms with Gasteiger partial charge in [-0.05, 0) is 80.9 Å². The highest BCUT2D eigenvalue weighted by Crippen LogP contribution is 2.39. The zero-order chi connectivity index (χ0) is 28.1. The Hall–Kier alpha value is -4.74. The molecule has 0 fully saturated rings. The van der Waals surface area contributed by atoms with Crippen LogP contribution in [-0.4, -0.2) is 0 Å². The van der Waals surface area contributed by atoms with Gasteiger partial charge in [0.2, 0.25) is 0 Å². The Bertz CT molecular complexity index is 1880. The fraction of sp³-hybridized carbons (Fsp3) is 0. The normalized spacial score (nSPS) is 11.4. The lowest BCUT2D eigenvalue weighted by Gasteiger charge is -2.06. The van der Waals surface area contributed by atoms with E-state index in [9.17, 15) is 17.6 Å². The quantitative estimate of drug-likeness (QED) is 0.188. The average Bonchev–Trinajstić information content (AvgIpc) is 3.33. The SMILES string of the molecule is Fc1cc(F)cc(-c2ccc(-c3ccc4c(c3)sc3cc(-c5ccc(-c6cc(F)cc(F)c6)cc5)ccc34)cc2)c1. The molecule has 1 aromatic heterocycles. The molecule has 1 heterocycles. The van der Waals surface area contributed by atoms with E-state index in [1.165, 1.54) is 35.0 Å². The topological polar surface area (TPSA) is 0 Å². The number of benzene rings is 6. The first-order valence-corrected chi connectivity index (χ1v) is 13.8. The first-order valence-electron chi connectivity index (χ1n) is 13.0. The summed E-state index contributed by atoms with van der Waals surface area (Å²) in [5, 5.41) is 2.35. The molecule has 6 aromatic carbocycles. The Balaban J connectivity index is 1.18. The zero-order valence-electron chi connectivity index (χ0n) is 21.5. The van der Waals surface area contributed by atoms with Crippen molar-refractivity contribution in [2.75, 3.05) is 0 Å². The molecule has 7 aromatic rings. The molecule has 0 amide bonds. The minimum absolute atomic E-state index is 0.502. The monoisotopic (exact) mass is 560 g/mol. The van der Waals surface area contributed by atoms with E-state index in [2.05, 4.69) is 36.4 Å². The van der Waals surface area contributed by atoms with Crippen molar-refractivity contribution in [3.63, 3.8) is 0 Å². The van der Waals surface area contributed by atoms with Crippen molar-refractivity contribution in [2.24, 2.45) is 0 Å². The maximum absolute atomic E-state index is 13.7. The van der Waals surface area contributed by atoms with Gasteiger partial charge in [-0.3, -0.25) is 0 Å². The minimum atomic E-state index is -0.597. The van der Waals surface area contributed by atoms with Crippen molar-refractivity contribution >= 4 is 31.5 Å². The van der Waals surface area contributed by atoms with E-state index >= 15 is 0 Å². The fourth-order valence-electron chi connectivity index (χ4n) is 5.29. The summed E-state index contributed by atoms with van der Waals surface area (Å²) in [7, 11) is 0. The van der Waals surface area contributed by atoms with Gasteiger partial charge in [-0.1, -0.05) is 72.8 Å². The van der Waals surface area contributed by atoms with Gasteiger partial charge in [-0.15, -0.1) is 11.3 Å². The van der Waals surface area contributed by atoms with Crippen molar-refractivity contribution in [3.05, 3.63) is 145 Å². The van der Waals surface area contributed by atoms with Crippen molar-refractivity contribution < 1.29 is 17.6 Å². The maximum atomic E-state index is 13.7. The van der Waals surface area contributed by atoms with Crippen molar-refractivity contribution in [3.8, 4) is 44.5 Å². The molecule has 0 radical (unpaired) electrons. The molecule has 7 rings (SSSR count). The van der Waals surface area contributed by atoms with Crippen LogP contribution in [0, 0.1) is 23.3 Å². The van der Waals surface area contributed by atoms with Gasteiger partial charge in [0.25, 0.3) is 0 Å². The van der Waals surface area contributed by atoms with Gasteiger partial charge in [-0.2, -0.15) is 0 Å². The van der Waals surface area contributed by atoms with Crippen LogP contribution in [0.3, 0.4) is 0 Å². The van der Waals surface area contributed by atoms with Gasteiger partial charge in [0, 0.05) is 32.3 Å². The van der Waals surface area contributed by atoms with Gasteiger partial charge < -0.3 is 0 Å². The summed E-state index contributed by atoms with van der Waals surface area (Å²) in [5.41, 5.74) is 6.66. The first kappa shape index (κ1) is 25.2. The lowest BCUT2D eigenvalue weighted by atomic mass is 9.98. The van der Waals surface area contributed by atoms with E-state index < -0.39 is 23.3 Å². The molecule has 0 aliphatic heterocycles. The van der Waals surface area contributed by atoms with Gasteiger partial charge in [0.05, 0.1) is 0 Å². The molecule has 41 heavy (non-hydrogen) atoms. The summed E-state index contributed by atoms with van der Waals surface area (Å²) in [6.07, 6.45) is 0. The predicted octanol–water partition coefficient (Wildman–Crippen LogP) is 11.3. The summed E-state index contributed by atoms with van der Waals surface area (Å²) in [6, 6.07) is 35.2. The summed E-state index contributed by atoms with van der Waals surface area (Å²) in [5.74, 6) is -2.39. The molecule has 5 heteroatoms. The number of rotatable bonds is 4. The third kappa shape index (κ3) is 4.90. The molecule has 0 saturated heterocycles. The third-order valence-corrected chi connectivity index (χ3v) is 8.42. The number of fused-ring (bicyclic) bond motifs is 3. The molecule has 198 valence electrons. The summed E-state index contributed by atoms with van der Waals surface area (Å²) in [4.78, 5) is 0. The molecule has 0 spiro atoms. The summed E-state index contributed by atoms with van der Waals surface area (Å²) >= 11 is 1.72. The molecule has 0 N–H and O–H groups in total. The van der Waals surface area contributed by atoms with Crippen LogP contribution in [0.25, 0.3) is 64.7 Å². The van der Waals surface area contributed by atoms with Crippen LogP contribution in [0.15, 0.2) is 121 Å². The van der Waals surface area contributed by atoms with E-state index in [4.69, 9.17) is 0 Å². The van der Waals surface area contributed by atoms with E-state index in [0.29, 0.717) is 11.1 Å². The van der Waals surface area contributed by atoms with Gasteiger partial charge >= 0.3 is 0 Å². The minimum Gasteiger partial charge on any atom is -0.207 e. The van der Waals surface area contributed by atoms with Crippen LogP contribution in [0.2, 0.25) is 0 Å². The van der Waals surface area contributed by atoms with E-state index in [1.54, 1.807) is 11.3 Å². The van der Waals surface area contributed by atoms with Gasteiger partial charge in [0.1, 0.15) is 23.3 Å². The molecule has 0 nitrogen and oxygen atoms in total. The second-order valence-corrected chi connectivity index (χ2v) is 11.1. The Morgan fingerprint density at radius 3 is 0.927 bits per heavy atom. The number of halogens is 4. The van der Waals surface area contributed by atoms with Crippen molar-refractivity contribution in [2.45, 2.75) is 0 Å². The number of thiophene rings is 1. The highest BCUT2D eigenvalue weighted by molar-refractivity contribution is 7.25. The molecule has 0 aliphatic carbocycles. The lowest BCUT2D eigenvalue weighted by molar-refractivity contribution is 0.583. The van der Waals surface area contributed by atoms with Crippen LogP contribution in [0.4, 0.5) is 17.6 Å². The predicted molar refractivity (Wildman–Crippen MR) is 161 cm³/mol. The lowest BCUT2D eigenvalue weighted by Crippen LogP contribution is -1.85. The van der Waals surface area contributed by atoms with Crippen LogP contribution >= 0.6 is 11.3 Å². The van der Waals surface area contributed by atoms with E-state index in [0.717, 1.165) is 54.9 Å². The Labute approximate surface area is 237 Å². The smallest absolute Gasteiger partial charge is 0.126 e. The molecule has 0 unspecified atom stereocenters. The van der Waals surface area contributed by atoms with Crippen molar-refractivity contribution in [1.82, 2.24) is 0 Å². The second kappa shape index (κ2) is 10.0. The fourth-order valence-corrected chi connectivity index (χ4v) is 6.47. The Morgan fingerprint density at radius 2 is 0.585 bits per heavy atom. The average molecular weight is 561 g/mol. The molecular formula is C36H20F4S. The molecule has 0 saturated carbocycles. The Morgan fingerprint density at radius 1 is 0.293 bits per heavy atom. The maximum Gasteiger partial charge on any atom is 0.126 e. The van der Waals surface area contributed by atoms with Crippen LogP contribution in [0.1, 0.15) is 0 Å². The number of hydrogen-bond donors (Lipinski definition) is 0. The molecule has 0 aliphatic rings. The molecule has 0 atom stereocenters. The second-order valence-electron chi connectivity index (χ2n) is 9.99. The third-order valence-electron chi connectivity index (χ3n) is 7.30.